The van der Waals surface area contributed by atoms with Gasteiger partial charge in [0.1, 0.15) is 0 Å². The van der Waals surface area contributed by atoms with Crippen molar-refractivity contribution in [1.29, 1.82) is 0 Å². The summed E-state index contributed by atoms with van der Waals surface area (Å²) >= 11 is 2.15. The Kier molecular flexibility index (Phi) is 5.90. The van der Waals surface area contributed by atoms with E-state index in [0.717, 1.165) is 11.8 Å². The van der Waals surface area contributed by atoms with Crippen LogP contribution in [-0.2, 0) is 0 Å². The lowest BCUT2D eigenvalue weighted by Gasteiger charge is -2.21. The lowest BCUT2D eigenvalue weighted by molar-refractivity contribution is 0.325. The van der Waals surface area contributed by atoms with Crippen molar-refractivity contribution >= 4 is 11.8 Å². The highest BCUT2D eigenvalue weighted by atomic mass is 32.2. The van der Waals surface area contributed by atoms with Gasteiger partial charge in [-0.25, -0.2) is 0 Å². The predicted molar refractivity (Wildman–Crippen MR) is 66.1 cm³/mol. The van der Waals surface area contributed by atoms with Crippen molar-refractivity contribution in [3.05, 3.63) is 0 Å². The van der Waals surface area contributed by atoms with Gasteiger partial charge in [-0.1, -0.05) is 13.8 Å². The number of thioether (sulfide) groups is 1. The van der Waals surface area contributed by atoms with E-state index in [-0.39, 0.29) is 0 Å². The molecule has 3 heteroatoms. The first-order valence-corrected chi connectivity index (χ1v) is 6.77. The Labute approximate surface area is 92.8 Å². The second-order valence-electron chi connectivity index (χ2n) is 4.51. The van der Waals surface area contributed by atoms with Gasteiger partial charge in [0, 0.05) is 30.9 Å². The van der Waals surface area contributed by atoms with Crippen LogP contribution in [0.3, 0.4) is 0 Å². The standard InChI is InChI=1S/C11H24N2S/c1-10(2)12-6-7-13(3)9-11-5-4-8-14-11/h10-12H,4-9H2,1-3H3. The minimum atomic E-state index is 0.615. The Morgan fingerprint density at radius 3 is 2.86 bits per heavy atom. The van der Waals surface area contributed by atoms with Gasteiger partial charge in [0.2, 0.25) is 0 Å². The summed E-state index contributed by atoms with van der Waals surface area (Å²) in [6.07, 6.45) is 2.85. The molecule has 14 heavy (non-hydrogen) atoms. The molecular weight excluding hydrogens is 192 g/mol. The highest BCUT2D eigenvalue weighted by molar-refractivity contribution is 8.00. The number of rotatable bonds is 6. The Morgan fingerprint density at radius 2 is 2.29 bits per heavy atom. The van der Waals surface area contributed by atoms with E-state index in [1.165, 1.54) is 31.7 Å². The molecule has 0 aromatic carbocycles. The van der Waals surface area contributed by atoms with E-state index in [1.54, 1.807) is 0 Å². The van der Waals surface area contributed by atoms with E-state index >= 15 is 0 Å². The van der Waals surface area contributed by atoms with Crippen LogP contribution >= 0.6 is 11.8 Å². The van der Waals surface area contributed by atoms with Crippen LogP contribution in [0.1, 0.15) is 26.7 Å². The zero-order chi connectivity index (χ0) is 10.4. The zero-order valence-electron chi connectivity index (χ0n) is 9.75. The Balaban J connectivity index is 2.00. The normalized spacial score (nSPS) is 22.5. The van der Waals surface area contributed by atoms with E-state index in [0.29, 0.717) is 6.04 Å². The highest BCUT2D eigenvalue weighted by Crippen LogP contribution is 2.26. The molecule has 1 unspecified atom stereocenters. The molecular formula is C11H24N2S. The topological polar surface area (TPSA) is 15.3 Å². The minimum Gasteiger partial charge on any atom is -0.313 e. The summed E-state index contributed by atoms with van der Waals surface area (Å²) in [5.41, 5.74) is 0. The first-order valence-electron chi connectivity index (χ1n) is 5.72. The molecule has 1 heterocycles. The molecule has 1 N–H and O–H groups in total. The van der Waals surface area contributed by atoms with Gasteiger partial charge in [-0.3, -0.25) is 0 Å². The van der Waals surface area contributed by atoms with Gasteiger partial charge in [-0.2, -0.15) is 11.8 Å². The lowest BCUT2D eigenvalue weighted by Crippen LogP contribution is -2.35. The van der Waals surface area contributed by atoms with E-state index in [4.69, 9.17) is 0 Å². The Hall–Kier alpha value is 0.270. The molecule has 0 aromatic heterocycles. The maximum absolute atomic E-state index is 3.45. The van der Waals surface area contributed by atoms with Crippen LogP contribution in [-0.4, -0.2) is 48.6 Å². The summed E-state index contributed by atoms with van der Waals surface area (Å²) in [4.78, 5) is 2.46. The molecule has 1 fully saturated rings. The van der Waals surface area contributed by atoms with Crippen molar-refractivity contribution in [3.63, 3.8) is 0 Å². The van der Waals surface area contributed by atoms with Gasteiger partial charge in [0.25, 0.3) is 0 Å². The zero-order valence-corrected chi connectivity index (χ0v) is 10.6. The molecule has 0 saturated carbocycles. The average molecular weight is 216 g/mol. The van der Waals surface area contributed by atoms with E-state index in [9.17, 15) is 0 Å². The minimum absolute atomic E-state index is 0.615. The monoisotopic (exact) mass is 216 g/mol. The lowest BCUT2D eigenvalue weighted by atomic mass is 10.2. The summed E-state index contributed by atoms with van der Waals surface area (Å²) in [6.45, 7) is 7.96. The van der Waals surface area contributed by atoms with Gasteiger partial charge in [0.05, 0.1) is 0 Å². The maximum atomic E-state index is 3.45. The highest BCUT2D eigenvalue weighted by Gasteiger charge is 2.16. The molecule has 0 radical (unpaired) electrons. The summed E-state index contributed by atoms with van der Waals surface area (Å²) in [5, 5.41) is 4.35. The van der Waals surface area contributed by atoms with Crippen LogP contribution in [0.15, 0.2) is 0 Å². The van der Waals surface area contributed by atoms with Crippen LogP contribution in [0, 0.1) is 0 Å². The number of likely N-dealkylation sites (N-methyl/N-ethyl adjacent to an activating group) is 1. The Bertz CT molecular complexity index is 144. The largest absolute Gasteiger partial charge is 0.313 e. The summed E-state index contributed by atoms with van der Waals surface area (Å²) in [5.74, 6) is 1.38. The first kappa shape index (κ1) is 12.3. The average Bonchev–Trinajstić information content (AvgIpc) is 2.56. The second kappa shape index (κ2) is 6.70. The molecule has 84 valence electrons. The van der Waals surface area contributed by atoms with Crippen LogP contribution in [0.5, 0.6) is 0 Å². The van der Waals surface area contributed by atoms with Crippen molar-refractivity contribution in [3.8, 4) is 0 Å². The van der Waals surface area contributed by atoms with Gasteiger partial charge in [-0.05, 0) is 25.6 Å². The van der Waals surface area contributed by atoms with E-state index in [2.05, 4.69) is 42.9 Å². The predicted octanol–water partition coefficient (Wildman–Crippen LogP) is 1.81. The van der Waals surface area contributed by atoms with Gasteiger partial charge >= 0.3 is 0 Å². The number of hydrogen-bond acceptors (Lipinski definition) is 3. The van der Waals surface area contributed by atoms with Crippen molar-refractivity contribution in [2.24, 2.45) is 0 Å². The molecule has 1 atom stereocenters. The number of hydrogen-bond donors (Lipinski definition) is 1. The van der Waals surface area contributed by atoms with Crippen molar-refractivity contribution in [2.45, 2.75) is 38.0 Å². The first-order chi connectivity index (χ1) is 6.68. The number of nitrogens with one attached hydrogen (secondary N) is 1. The van der Waals surface area contributed by atoms with Crippen LogP contribution in [0.4, 0.5) is 0 Å². The second-order valence-corrected chi connectivity index (χ2v) is 5.91. The summed E-state index contributed by atoms with van der Waals surface area (Å²) < 4.78 is 0. The van der Waals surface area contributed by atoms with Crippen LogP contribution in [0.2, 0.25) is 0 Å². The summed E-state index contributed by atoms with van der Waals surface area (Å²) in [6, 6.07) is 0.615. The van der Waals surface area contributed by atoms with Gasteiger partial charge in [0.15, 0.2) is 0 Å². The molecule has 0 aromatic rings. The smallest absolute Gasteiger partial charge is 0.0175 e. The molecule has 2 nitrogen and oxygen atoms in total. The Morgan fingerprint density at radius 1 is 1.50 bits per heavy atom. The number of nitrogens with zero attached hydrogens (tertiary/aromatic N) is 1. The summed E-state index contributed by atoms with van der Waals surface area (Å²) in [7, 11) is 2.24. The molecule has 1 saturated heterocycles. The third-order valence-corrected chi connectivity index (χ3v) is 3.97. The van der Waals surface area contributed by atoms with Crippen molar-refractivity contribution < 1.29 is 0 Å². The van der Waals surface area contributed by atoms with Crippen molar-refractivity contribution in [1.82, 2.24) is 10.2 Å². The molecule has 1 aliphatic heterocycles. The third-order valence-electron chi connectivity index (χ3n) is 2.59. The van der Waals surface area contributed by atoms with Crippen LogP contribution < -0.4 is 5.32 Å². The molecule has 1 aliphatic rings. The molecule has 0 spiro atoms. The third kappa shape index (κ3) is 5.23. The fourth-order valence-corrected chi connectivity index (χ4v) is 3.13. The fourth-order valence-electron chi connectivity index (χ4n) is 1.77. The molecule has 0 bridgehead atoms. The maximum Gasteiger partial charge on any atom is 0.0175 e. The fraction of sp³-hybridized carbons (Fsp3) is 1.00. The van der Waals surface area contributed by atoms with E-state index in [1.807, 2.05) is 0 Å². The SMILES string of the molecule is CC(C)NCCN(C)CC1CCCS1. The van der Waals surface area contributed by atoms with Gasteiger partial charge < -0.3 is 10.2 Å². The van der Waals surface area contributed by atoms with Gasteiger partial charge in [-0.15, -0.1) is 0 Å². The quantitative estimate of drug-likeness (QED) is 0.729. The molecule has 1 rings (SSSR count). The molecule has 0 amide bonds. The molecule has 0 aliphatic carbocycles. The van der Waals surface area contributed by atoms with Crippen molar-refractivity contribution in [2.75, 3.05) is 32.4 Å². The van der Waals surface area contributed by atoms with Crippen LogP contribution in [0.25, 0.3) is 0 Å². The van der Waals surface area contributed by atoms with E-state index < -0.39 is 0 Å².